The van der Waals surface area contributed by atoms with Gasteiger partial charge >= 0.3 is 0 Å². The van der Waals surface area contributed by atoms with Crippen LogP contribution in [0.3, 0.4) is 0 Å². The Morgan fingerprint density at radius 3 is 2.69 bits per heavy atom. The molecule has 0 saturated heterocycles. The lowest BCUT2D eigenvalue weighted by atomic mass is 10.1. The average molecular weight is 227 g/mol. The molecule has 1 aromatic rings. The van der Waals surface area contributed by atoms with Crippen molar-refractivity contribution in [2.45, 2.75) is 39.2 Å². The molecule has 92 valence electrons. The first-order valence-corrected chi connectivity index (χ1v) is 5.58. The van der Waals surface area contributed by atoms with Crippen molar-refractivity contribution < 1.29 is 9.26 Å². The molecule has 0 aliphatic rings. The Bertz CT molecular complexity index is 310. The number of aryl methyl sites for hydroxylation is 1. The third kappa shape index (κ3) is 4.72. The summed E-state index contributed by atoms with van der Waals surface area (Å²) in [5.41, 5.74) is -0.0614. The fourth-order valence-electron chi connectivity index (χ4n) is 1.25. The van der Waals surface area contributed by atoms with Crippen LogP contribution in [0, 0.1) is 6.92 Å². The second-order valence-corrected chi connectivity index (χ2v) is 4.45. The summed E-state index contributed by atoms with van der Waals surface area (Å²) in [5.74, 6) is 1.38. The number of nitrogens with zero attached hydrogens (tertiary/aromatic N) is 2. The zero-order valence-corrected chi connectivity index (χ0v) is 10.5. The van der Waals surface area contributed by atoms with Crippen LogP contribution in [0.1, 0.15) is 32.0 Å². The number of hydrogen-bond donors (Lipinski definition) is 1. The first-order chi connectivity index (χ1) is 7.53. The minimum atomic E-state index is -0.0614. The molecule has 1 rings (SSSR count). The van der Waals surface area contributed by atoms with Gasteiger partial charge in [-0.05, 0) is 33.7 Å². The lowest BCUT2D eigenvalue weighted by Gasteiger charge is -2.22. The Morgan fingerprint density at radius 2 is 2.12 bits per heavy atom. The van der Waals surface area contributed by atoms with Gasteiger partial charge in [0.2, 0.25) is 5.89 Å². The second kappa shape index (κ2) is 5.96. The van der Waals surface area contributed by atoms with E-state index >= 15 is 0 Å². The Balaban J connectivity index is 2.08. The maximum Gasteiger partial charge on any atom is 0.227 e. The fourth-order valence-corrected chi connectivity index (χ4v) is 1.25. The van der Waals surface area contributed by atoms with Gasteiger partial charge < -0.3 is 14.6 Å². The molecule has 1 aromatic heterocycles. The molecule has 0 radical (unpaired) electrons. The first kappa shape index (κ1) is 13.1. The van der Waals surface area contributed by atoms with E-state index in [0.29, 0.717) is 11.7 Å². The summed E-state index contributed by atoms with van der Waals surface area (Å²) < 4.78 is 10.3. The van der Waals surface area contributed by atoms with Gasteiger partial charge in [-0.2, -0.15) is 4.98 Å². The predicted molar refractivity (Wildman–Crippen MR) is 61.3 cm³/mol. The Hall–Kier alpha value is -0.940. The van der Waals surface area contributed by atoms with E-state index in [2.05, 4.69) is 29.3 Å². The Morgan fingerprint density at radius 1 is 1.38 bits per heavy atom. The normalized spacial score (nSPS) is 12.0. The summed E-state index contributed by atoms with van der Waals surface area (Å²) in [6, 6.07) is 0. The largest absolute Gasteiger partial charge is 0.379 e. The Labute approximate surface area is 96.6 Å². The van der Waals surface area contributed by atoms with E-state index in [-0.39, 0.29) is 5.60 Å². The van der Waals surface area contributed by atoms with Crippen LogP contribution in [-0.4, -0.2) is 35.9 Å². The molecule has 0 aliphatic heterocycles. The van der Waals surface area contributed by atoms with Gasteiger partial charge in [0.1, 0.15) is 0 Å². The first-order valence-electron chi connectivity index (χ1n) is 5.58. The van der Waals surface area contributed by atoms with Crippen LogP contribution in [-0.2, 0) is 11.2 Å². The van der Waals surface area contributed by atoms with Crippen molar-refractivity contribution in [1.29, 1.82) is 0 Å². The number of ether oxygens (including phenoxy) is 1. The Kier molecular flexibility index (Phi) is 4.89. The fraction of sp³-hybridized carbons (Fsp3) is 0.818. The molecule has 5 nitrogen and oxygen atoms in total. The molecule has 0 atom stereocenters. The number of rotatable bonds is 7. The minimum Gasteiger partial charge on any atom is -0.379 e. The average Bonchev–Trinajstić information content (AvgIpc) is 2.64. The predicted octanol–water partition coefficient (Wildman–Crippen LogP) is 1.33. The third-order valence-electron chi connectivity index (χ3n) is 2.54. The molecule has 0 amide bonds. The van der Waals surface area contributed by atoms with Crippen molar-refractivity contribution in [2.24, 2.45) is 0 Å². The van der Waals surface area contributed by atoms with Gasteiger partial charge in [0.25, 0.3) is 0 Å². The van der Waals surface area contributed by atoms with E-state index in [1.165, 1.54) is 0 Å². The highest BCUT2D eigenvalue weighted by Crippen LogP contribution is 2.11. The molecule has 0 aliphatic carbocycles. The van der Waals surface area contributed by atoms with E-state index in [9.17, 15) is 0 Å². The third-order valence-corrected chi connectivity index (χ3v) is 2.54. The van der Waals surface area contributed by atoms with Crippen LogP contribution in [0.5, 0.6) is 0 Å². The topological polar surface area (TPSA) is 60.2 Å². The molecule has 5 heteroatoms. The maximum absolute atomic E-state index is 5.32. The van der Waals surface area contributed by atoms with E-state index in [0.717, 1.165) is 25.9 Å². The van der Waals surface area contributed by atoms with Gasteiger partial charge in [-0.25, -0.2) is 0 Å². The van der Waals surface area contributed by atoms with E-state index in [1.54, 1.807) is 7.11 Å². The zero-order chi connectivity index (χ0) is 12.0. The summed E-state index contributed by atoms with van der Waals surface area (Å²) in [5, 5.41) is 7.06. The van der Waals surface area contributed by atoms with E-state index in [4.69, 9.17) is 9.26 Å². The molecule has 16 heavy (non-hydrogen) atoms. The van der Waals surface area contributed by atoms with Crippen LogP contribution in [0.25, 0.3) is 0 Å². The highest BCUT2D eigenvalue weighted by Gasteiger charge is 2.14. The lowest BCUT2D eigenvalue weighted by molar-refractivity contribution is 0.0159. The van der Waals surface area contributed by atoms with Gasteiger partial charge in [-0.1, -0.05) is 5.16 Å². The highest BCUT2D eigenvalue weighted by molar-refractivity contribution is 4.83. The molecule has 0 aromatic carbocycles. The molecule has 0 fully saturated rings. The van der Waals surface area contributed by atoms with Crippen LogP contribution < -0.4 is 5.32 Å². The summed E-state index contributed by atoms with van der Waals surface area (Å²) in [6.07, 6.45) is 1.75. The van der Waals surface area contributed by atoms with Crippen LogP contribution >= 0.6 is 0 Å². The molecular weight excluding hydrogens is 206 g/mol. The molecule has 0 spiro atoms. The summed E-state index contributed by atoms with van der Waals surface area (Å²) >= 11 is 0. The van der Waals surface area contributed by atoms with Crippen molar-refractivity contribution in [3.63, 3.8) is 0 Å². The summed E-state index contributed by atoms with van der Waals surface area (Å²) in [7, 11) is 1.74. The SMILES string of the molecule is COC(C)(C)CCNCCc1nc(C)no1. The minimum absolute atomic E-state index is 0.0614. The van der Waals surface area contributed by atoms with Crippen molar-refractivity contribution in [1.82, 2.24) is 15.5 Å². The molecule has 0 unspecified atom stereocenters. The number of methoxy groups -OCH3 is 1. The summed E-state index contributed by atoms with van der Waals surface area (Å²) in [4.78, 5) is 4.13. The standard InChI is InChI=1S/C11H21N3O2/c1-9-13-10(16-14-9)5-7-12-8-6-11(2,3)15-4/h12H,5-8H2,1-4H3. The number of nitrogens with one attached hydrogen (secondary N) is 1. The van der Waals surface area contributed by atoms with E-state index in [1.807, 2.05) is 6.92 Å². The van der Waals surface area contributed by atoms with Gasteiger partial charge in [-0.15, -0.1) is 0 Å². The van der Waals surface area contributed by atoms with Crippen molar-refractivity contribution in [2.75, 3.05) is 20.2 Å². The molecule has 0 saturated carbocycles. The van der Waals surface area contributed by atoms with Gasteiger partial charge in [0.05, 0.1) is 5.60 Å². The molecule has 1 heterocycles. The monoisotopic (exact) mass is 227 g/mol. The van der Waals surface area contributed by atoms with Gasteiger partial charge in [0.15, 0.2) is 5.82 Å². The number of aromatic nitrogens is 2. The van der Waals surface area contributed by atoms with Crippen LogP contribution in [0.4, 0.5) is 0 Å². The second-order valence-electron chi connectivity index (χ2n) is 4.45. The van der Waals surface area contributed by atoms with Gasteiger partial charge in [-0.3, -0.25) is 0 Å². The van der Waals surface area contributed by atoms with Crippen molar-refractivity contribution >= 4 is 0 Å². The lowest BCUT2D eigenvalue weighted by Crippen LogP contribution is -2.29. The molecule has 0 bridgehead atoms. The molecular formula is C11H21N3O2. The molecule has 1 N–H and O–H groups in total. The van der Waals surface area contributed by atoms with Gasteiger partial charge in [0, 0.05) is 20.1 Å². The summed E-state index contributed by atoms with van der Waals surface area (Å²) in [6.45, 7) is 7.75. The van der Waals surface area contributed by atoms with Crippen molar-refractivity contribution in [3.8, 4) is 0 Å². The van der Waals surface area contributed by atoms with E-state index < -0.39 is 0 Å². The smallest absolute Gasteiger partial charge is 0.227 e. The zero-order valence-electron chi connectivity index (χ0n) is 10.5. The van der Waals surface area contributed by atoms with Crippen LogP contribution in [0.2, 0.25) is 0 Å². The van der Waals surface area contributed by atoms with Crippen LogP contribution in [0.15, 0.2) is 4.52 Å². The quantitative estimate of drug-likeness (QED) is 0.712. The highest BCUT2D eigenvalue weighted by atomic mass is 16.5. The van der Waals surface area contributed by atoms with Crippen molar-refractivity contribution in [3.05, 3.63) is 11.7 Å². The maximum atomic E-state index is 5.32. The number of hydrogen-bond acceptors (Lipinski definition) is 5.